The van der Waals surface area contributed by atoms with E-state index in [1.807, 2.05) is 36.2 Å². The number of rotatable bonds is 6. The van der Waals surface area contributed by atoms with E-state index in [-0.39, 0.29) is 11.9 Å². The normalized spacial score (nSPS) is 16.2. The third kappa shape index (κ3) is 3.96. The molecule has 1 fully saturated rings. The maximum absolute atomic E-state index is 12.7. The predicted octanol–water partition coefficient (Wildman–Crippen LogP) is 3.71. The Morgan fingerprint density at radius 1 is 1.33 bits per heavy atom. The summed E-state index contributed by atoms with van der Waals surface area (Å²) in [6, 6.07) is 8.03. The molecular formula is C18H23ClN4O. The van der Waals surface area contributed by atoms with Crippen LogP contribution in [0.5, 0.6) is 0 Å². The maximum Gasteiger partial charge on any atom is 0.224 e. The smallest absolute Gasteiger partial charge is 0.224 e. The largest absolute Gasteiger partial charge is 0.338 e. The van der Waals surface area contributed by atoms with Gasteiger partial charge in [0.05, 0.1) is 12.6 Å². The summed E-state index contributed by atoms with van der Waals surface area (Å²) < 4.78 is 1.69. The van der Waals surface area contributed by atoms with Crippen molar-refractivity contribution in [3.8, 4) is 0 Å². The van der Waals surface area contributed by atoms with Crippen molar-refractivity contribution in [3.63, 3.8) is 0 Å². The standard InChI is InChI=1S/C18H23ClN4O/c1-22(17(24)10-11-23-13-20-12-21-23)18(14-4-2-3-5-14)15-6-8-16(19)9-7-15/h6-9,12-14,18H,2-5,10-11H2,1H3/t18-/m1/s1. The molecule has 0 N–H and O–H groups in total. The van der Waals surface area contributed by atoms with Gasteiger partial charge in [0.15, 0.2) is 0 Å². The zero-order chi connectivity index (χ0) is 16.9. The lowest BCUT2D eigenvalue weighted by molar-refractivity contribution is -0.133. The zero-order valence-corrected chi connectivity index (χ0v) is 14.7. The molecule has 0 aliphatic heterocycles. The van der Waals surface area contributed by atoms with E-state index in [1.165, 1.54) is 37.6 Å². The molecule has 1 saturated carbocycles. The summed E-state index contributed by atoms with van der Waals surface area (Å²) in [6.45, 7) is 0.557. The number of hydrogen-bond donors (Lipinski definition) is 0. The Labute approximate surface area is 147 Å². The molecule has 0 radical (unpaired) electrons. The van der Waals surface area contributed by atoms with Crippen LogP contribution in [-0.4, -0.2) is 32.6 Å². The summed E-state index contributed by atoms with van der Waals surface area (Å²) >= 11 is 6.03. The van der Waals surface area contributed by atoms with E-state index in [0.29, 0.717) is 18.9 Å². The van der Waals surface area contributed by atoms with Gasteiger partial charge < -0.3 is 4.90 Å². The summed E-state index contributed by atoms with van der Waals surface area (Å²) in [6.07, 6.45) is 8.40. The van der Waals surface area contributed by atoms with Crippen molar-refractivity contribution in [1.82, 2.24) is 19.7 Å². The monoisotopic (exact) mass is 346 g/mol. The minimum atomic E-state index is 0.119. The van der Waals surface area contributed by atoms with E-state index >= 15 is 0 Å². The minimum absolute atomic E-state index is 0.119. The maximum atomic E-state index is 12.7. The lowest BCUT2D eigenvalue weighted by Gasteiger charge is -2.33. The summed E-state index contributed by atoms with van der Waals surface area (Å²) in [5.74, 6) is 0.656. The molecular weight excluding hydrogens is 324 g/mol. The lowest BCUT2D eigenvalue weighted by Crippen LogP contribution is -2.35. The van der Waals surface area contributed by atoms with Crippen molar-refractivity contribution in [2.24, 2.45) is 5.92 Å². The third-order valence-electron chi connectivity index (χ3n) is 4.89. The average molecular weight is 347 g/mol. The van der Waals surface area contributed by atoms with E-state index in [1.54, 1.807) is 11.0 Å². The molecule has 2 aromatic rings. The van der Waals surface area contributed by atoms with E-state index < -0.39 is 0 Å². The van der Waals surface area contributed by atoms with Gasteiger partial charge in [-0.05, 0) is 36.5 Å². The Morgan fingerprint density at radius 2 is 2.04 bits per heavy atom. The molecule has 1 aromatic heterocycles. The topological polar surface area (TPSA) is 51.0 Å². The van der Waals surface area contributed by atoms with Crippen LogP contribution in [0.15, 0.2) is 36.9 Å². The van der Waals surface area contributed by atoms with Gasteiger partial charge in [-0.3, -0.25) is 9.48 Å². The molecule has 5 nitrogen and oxygen atoms in total. The van der Waals surface area contributed by atoms with Gasteiger partial charge in [-0.15, -0.1) is 0 Å². The van der Waals surface area contributed by atoms with E-state index in [4.69, 9.17) is 11.6 Å². The Hall–Kier alpha value is -1.88. The lowest BCUT2D eigenvalue weighted by atomic mass is 9.90. The van der Waals surface area contributed by atoms with Crippen LogP contribution in [0.3, 0.4) is 0 Å². The van der Waals surface area contributed by atoms with Gasteiger partial charge in [0, 0.05) is 18.5 Å². The van der Waals surface area contributed by atoms with Crippen molar-refractivity contribution >= 4 is 17.5 Å². The third-order valence-corrected chi connectivity index (χ3v) is 5.14. The van der Waals surface area contributed by atoms with Crippen molar-refractivity contribution in [1.29, 1.82) is 0 Å². The second-order valence-electron chi connectivity index (χ2n) is 6.45. The highest BCUT2D eigenvalue weighted by molar-refractivity contribution is 6.30. The highest BCUT2D eigenvalue weighted by Gasteiger charge is 2.31. The van der Waals surface area contributed by atoms with Crippen molar-refractivity contribution < 1.29 is 4.79 Å². The number of carbonyl (C=O) groups is 1. The first-order chi connectivity index (χ1) is 11.6. The number of amides is 1. The van der Waals surface area contributed by atoms with E-state index in [0.717, 1.165) is 5.02 Å². The van der Waals surface area contributed by atoms with Crippen LogP contribution >= 0.6 is 11.6 Å². The summed E-state index contributed by atoms with van der Waals surface area (Å²) in [4.78, 5) is 18.5. The Balaban J connectivity index is 1.73. The first kappa shape index (κ1) is 17.0. The molecule has 0 unspecified atom stereocenters. The van der Waals surface area contributed by atoms with Gasteiger partial charge >= 0.3 is 0 Å². The van der Waals surface area contributed by atoms with E-state index in [2.05, 4.69) is 10.1 Å². The fraction of sp³-hybridized carbons (Fsp3) is 0.500. The fourth-order valence-electron chi connectivity index (χ4n) is 3.63. The summed E-state index contributed by atoms with van der Waals surface area (Å²) in [5.41, 5.74) is 1.17. The van der Waals surface area contributed by atoms with Gasteiger partial charge in [0.2, 0.25) is 5.91 Å². The molecule has 1 amide bonds. The van der Waals surface area contributed by atoms with Crippen LogP contribution in [0.4, 0.5) is 0 Å². The zero-order valence-electron chi connectivity index (χ0n) is 13.9. The van der Waals surface area contributed by atoms with Crippen LogP contribution in [0.2, 0.25) is 5.02 Å². The Kier molecular flexibility index (Phi) is 5.51. The van der Waals surface area contributed by atoms with Gasteiger partial charge in [-0.1, -0.05) is 36.6 Å². The van der Waals surface area contributed by atoms with Gasteiger partial charge in [0.1, 0.15) is 12.7 Å². The van der Waals surface area contributed by atoms with Crippen molar-refractivity contribution in [3.05, 3.63) is 47.5 Å². The molecule has 1 heterocycles. The van der Waals surface area contributed by atoms with Crippen molar-refractivity contribution in [2.45, 2.75) is 44.7 Å². The number of aromatic nitrogens is 3. The summed E-state index contributed by atoms with van der Waals surface area (Å²) in [5, 5.41) is 4.78. The SMILES string of the molecule is CN(C(=O)CCn1cncn1)[C@@H](c1ccc(Cl)cc1)C1CCCC1. The van der Waals surface area contributed by atoms with Crippen LogP contribution in [-0.2, 0) is 11.3 Å². The average Bonchev–Trinajstić information content (AvgIpc) is 3.28. The Bertz CT molecular complexity index is 650. The molecule has 1 aliphatic rings. The molecule has 24 heavy (non-hydrogen) atoms. The van der Waals surface area contributed by atoms with Crippen LogP contribution in [0, 0.1) is 5.92 Å². The number of hydrogen-bond acceptors (Lipinski definition) is 3. The fourth-order valence-corrected chi connectivity index (χ4v) is 3.76. The Morgan fingerprint density at radius 3 is 2.67 bits per heavy atom. The van der Waals surface area contributed by atoms with Crippen LogP contribution in [0.1, 0.15) is 43.7 Å². The minimum Gasteiger partial charge on any atom is -0.338 e. The number of carbonyl (C=O) groups excluding carboxylic acids is 1. The highest BCUT2D eigenvalue weighted by Crippen LogP contribution is 2.39. The summed E-state index contributed by atoms with van der Waals surface area (Å²) in [7, 11) is 1.92. The molecule has 0 saturated heterocycles. The molecule has 3 rings (SSSR count). The van der Waals surface area contributed by atoms with Gasteiger partial charge in [-0.25, -0.2) is 4.98 Å². The number of nitrogens with zero attached hydrogens (tertiary/aromatic N) is 4. The molecule has 0 spiro atoms. The second kappa shape index (κ2) is 7.79. The molecule has 1 atom stereocenters. The first-order valence-electron chi connectivity index (χ1n) is 8.48. The van der Waals surface area contributed by atoms with Gasteiger partial charge in [0.25, 0.3) is 0 Å². The van der Waals surface area contributed by atoms with Crippen molar-refractivity contribution in [2.75, 3.05) is 7.05 Å². The quantitative estimate of drug-likeness (QED) is 0.801. The number of halogens is 1. The molecule has 1 aliphatic carbocycles. The molecule has 1 aromatic carbocycles. The molecule has 0 bridgehead atoms. The number of aryl methyl sites for hydroxylation is 1. The first-order valence-corrected chi connectivity index (χ1v) is 8.86. The van der Waals surface area contributed by atoms with E-state index in [9.17, 15) is 4.79 Å². The predicted molar refractivity (Wildman–Crippen MR) is 93.6 cm³/mol. The number of benzene rings is 1. The second-order valence-corrected chi connectivity index (χ2v) is 6.89. The highest BCUT2D eigenvalue weighted by atomic mass is 35.5. The van der Waals surface area contributed by atoms with Crippen LogP contribution < -0.4 is 0 Å². The van der Waals surface area contributed by atoms with Crippen LogP contribution in [0.25, 0.3) is 0 Å². The molecule has 128 valence electrons. The molecule has 6 heteroatoms. The van der Waals surface area contributed by atoms with Gasteiger partial charge in [-0.2, -0.15) is 5.10 Å².